The summed E-state index contributed by atoms with van der Waals surface area (Å²) in [6, 6.07) is 8.49. The SMILES string of the molecule is COC[C@H](NC(=O)c1ccc(C(C)=O)s1)c1ccccn1. The molecule has 6 heteroatoms. The van der Waals surface area contributed by atoms with Crippen LogP contribution in [0.4, 0.5) is 0 Å². The molecule has 2 aromatic rings. The number of Topliss-reactive ketones (excluding diaryl/α,β-unsaturated/α-hetero) is 1. The average molecular weight is 304 g/mol. The van der Waals surface area contributed by atoms with E-state index in [0.717, 1.165) is 5.69 Å². The number of hydrogen-bond donors (Lipinski definition) is 1. The van der Waals surface area contributed by atoms with Crippen molar-refractivity contribution in [1.82, 2.24) is 10.3 Å². The summed E-state index contributed by atoms with van der Waals surface area (Å²) in [5, 5.41) is 2.88. The number of pyridine rings is 1. The first-order chi connectivity index (χ1) is 10.1. The zero-order chi connectivity index (χ0) is 15.2. The van der Waals surface area contributed by atoms with Crippen molar-refractivity contribution in [2.24, 2.45) is 0 Å². The molecule has 21 heavy (non-hydrogen) atoms. The largest absolute Gasteiger partial charge is 0.382 e. The van der Waals surface area contributed by atoms with Crippen LogP contribution in [-0.4, -0.2) is 30.4 Å². The maximum atomic E-state index is 12.2. The van der Waals surface area contributed by atoms with Crippen LogP contribution in [-0.2, 0) is 4.74 Å². The van der Waals surface area contributed by atoms with Crippen molar-refractivity contribution < 1.29 is 14.3 Å². The minimum atomic E-state index is -0.327. The van der Waals surface area contributed by atoms with Crippen molar-refractivity contribution in [3.05, 3.63) is 52.0 Å². The van der Waals surface area contributed by atoms with Gasteiger partial charge in [-0.1, -0.05) is 6.07 Å². The monoisotopic (exact) mass is 304 g/mol. The van der Waals surface area contributed by atoms with Crippen LogP contribution in [0.15, 0.2) is 36.5 Å². The van der Waals surface area contributed by atoms with Crippen molar-refractivity contribution in [3.8, 4) is 0 Å². The maximum absolute atomic E-state index is 12.2. The molecule has 1 N–H and O–H groups in total. The molecule has 0 unspecified atom stereocenters. The first-order valence-corrected chi connectivity index (χ1v) is 7.25. The Bertz CT molecular complexity index is 625. The number of hydrogen-bond acceptors (Lipinski definition) is 5. The summed E-state index contributed by atoms with van der Waals surface area (Å²) < 4.78 is 5.13. The Kier molecular flexibility index (Phi) is 5.19. The molecule has 0 aliphatic heterocycles. The summed E-state index contributed by atoms with van der Waals surface area (Å²) >= 11 is 1.18. The van der Waals surface area contributed by atoms with Crippen molar-refractivity contribution in [2.45, 2.75) is 13.0 Å². The molecule has 0 aromatic carbocycles. The van der Waals surface area contributed by atoms with E-state index in [-0.39, 0.29) is 17.7 Å². The van der Waals surface area contributed by atoms with Gasteiger partial charge in [0.2, 0.25) is 0 Å². The smallest absolute Gasteiger partial charge is 0.261 e. The molecule has 0 fully saturated rings. The van der Waals surface area contributed by atoms with Crippen molar-refractivity contribution in [2.75, 3.05) is 13.7 Å². The van der Waals surface area contributed by atoms with Gasteiger partial charge in [0, 0.05) is 13.3 Å². The Morgan fingerprint density at radius 2 is 2.05 bits per heavy atom. The second-order valence-corrected chi connectivity index (χ2v) is 5.54. The Morgan fingerprint density at radius 1 is 1.29 bits per heavy atom. The molecule has 2 rings (SSSR count). The lowest BCUT2D eigenvalue weighted by molar-refractivity contribution is 0.0898. The van der Waals surface area contributed by atoms with Gasteiger partial charge in [-0.2, -0.15) is 0 Å². The van der Waals surface area contributed by atoms with Gasteiger partial charge in [0.1, 0.15) is 0 Å². The average Bonchev–Trinajstić information content (AvgIpc) is 2.98. The van der Waals surface area contributed by atoms with Crippen molar-refractivity contribution >= 4 is 23.0 Å². The first kappa shape index (κ1) is 15.3. The summed E-state index contributed by atoms with van der Waals surface area (Å²) in [5.74, 6) is -0.280. The van der Waals surface area contributed by atoms with E-state index in [4.69, 9.17) is 4.74 Å². The molecular weight excluding hydrogens is 288 g/mol. The molecule has 0 radical (unpaired) electrons. The highest BCUT2D eigenvalue weighted by Crippen LogP contribution is 2.18. The van der Waals surface area contributed by atoms with Gasteiger partial charge >= 0.3 is 0 Å². The fourth-order valence-electron chi connectivity index (χ4n) is 1.83. The normalized spacial score (nSPS) is 11.9. The molecule has 1 atom stereocenters. The maximum Gasteiger partial charge on any atom is 0.261 e. The van der Waals surface area contributed by atoms with E-state index in [1.165, 1.54) is 18.3 Å². The lowest BCUT2D eigenvalue weighted by Gasteiger charge is -2.16. The number of thiophene rings is 1. The number of nitrogens with zero attached hydrogens (tertiary/aromatic N) is 1. The summed E-state index contributed by atoms with van der Waals surface area (Å²) in [6.07, 6.45) is 1.67. The predicted molar refractivity (Wildman–Crippen MR) is 80.6 cm³/mol. The van der Waals surface area contributed by atoms with Crippen LogP contribution >= 0.6 is 11.3 Å². The third kappa shape index (κ3) is 3.96. The molecule has 0 aliphatic rings. The van der Waals surface area contributed by atoms with Crippen molar-refractivity contribution in [1.29, 1.82) is 0 Å². The zero-order valence-electron chi connectivity index (χ0n) is 11.8. The van der Waals surface area contributed by atoms with Gasteiger partial charge in [0.25, 0.3) is 5.91 Å². The molecule has 0 bridgehead atoms. The van der Waals surface area contributed by atoms with E-state index in [1.807, 2.05) is 18.2 Å². The van der Waals surface area contributed by atoms with Crippen molar-refractivity contribution in [3.63, 3.8) is 0 Å². The molecule has 110 valence electrons. The van der Waals surface area contributed by atoms with Gasteiger partial charge in [-0.25, -0.2) is 0 Å². The summed E-state index contributed by atoms with van der Waals surface area (Å²) in [6.45, 7) is 1.81. The minimum absolute atomic E-state index is 0.0442. The summed E-state index contributed by atoms with van der Waals surface area (Å²) in [4.78, 5) is 28.8. The molecule has 0 spiro atoms. The second kappa shape index (κ2) is 7.10. The molecule has 0 saturated heterocycles. The predicted octanol–water partition coefficient (Wildman–Crippen LogP) is 2.46. The molecular formula is C15H16N2O3S. The van der Waals surface area contributed by atoms with Gasteiger partial charge in [0.15, 0.2) is 5.78 Å². The Labute approximate surface area is 127 Å². The van der Waals surface area contributed by atoms with Crippen LogP contribution in [0.25, 0.3) is 0 Å². The number of ether oxygens (including phenoxy) is 1. The first-order valence-electron chi connectivity index (χ1n) is 6.43. The number of amides is 1. The van der Waals surface area contributed by atoms with E-state index in [0.29, 0.717) is 16.4 Å². The van der Waals surface area contributed by atoms with Crippen LogP contribution in [0, 0.1) is 0 Å². The molecule has 0 saturated carbocycles. The van der Waals surface area contributed by atoms with E-state index in [9.17, 15) is 9.59 Å². The van der Waals surface area contributed by atoms with Crippen LogP contribution in [0.2, 0.25) is 0 Å². The van der Waals surface area contributed by atoms with E-state index >= 15 is 0 Å². The number of carbonyl (C=O) groups is 2. The highest BCUT2D eigenvalue weighted by molar-refractivity contribution is 7.15. The van der Waals surface area contributed by atoms with Crippen LogP contribution in [0.3, 0.4) is 0 Å². The van der Waals surface area contributed by atoms with Gasteiger partial charge in [-0.15, -0.1) is 11.3 Å². The van der Waals surface area contributed by atoms with Crippen LogP contribution < -0.4 is 5.32 Å². The molecule has 0 aliphatic carbocycles. The Morgan fingerprint density at radius 3 is 2.62 bits per heavy atom. The third-order valence-corrected chi connectivity index (χ3v) is 4.05. The topological polar surface area (TPSA) is 68.3 Å². The van der Waals surface area contributed by atoms with E-state index in [1.54, 1.807) is 25.4 Å². The van der Waals surface area contributed by atoms with Gasteiger partial charge in [0.05, 0.1) is 28.1 Å². The number of aromatic nitrogens is 1. The minimum Gasteiger partial charge on any atom is -0.382 e. The standard InChI is InChI=1S/C15H16N2O3S/c1-10(18)13-6-7-14(21-13)15(19)17-12(9-20-2)11-5-3-4-8-16-11/h3-8,12H,9H2,1-2H3,(H,17,19)/t12-/m0/s1. The van der Waals surface area contributed by atoms with Crippen LogP contribution in [0.5, 0.6) is 0 Å². The number of carbonyl (C=O) groups excluding carboxylic acids is 2. The number of rotatable bonds is 6. The molecule has 1 amide bonds. The van der Waals surface area contributed by atoms with E-state index in [2.05, 4.69) is 10.3 Å². The lowest BCUT2D eigenvalue weighted by Crippen LogP contribution is -2.31. The summed E-state index contributed by atoms with van der Waals surface area (Å²) in [7, 11) is 1.57. The highest BCUT2D eigenvalue weighted by atomic mass is 32.1. The molecule has 5 nitrogen and oxygen atoms in total. The van der Waals surface area contributed by atoms with Gasteiger partial charge in [-0.05, 0) is 31.2 Å². The highest BCUT2D eigenvalue weighted by Gasteiger charge is 2.18. The molecule has 2 heterocycles. The Balaban J connectivity index is 2.12. The third-order valence-electron chi connectivity index (χ3n) is 2.86. The number of nitrogens with one attached hydrogen (secondary N) is 1. The summed E-state index contributed by atoms with van der Waals surface area (Å²) in [5.41, 5.74) is 0.732. The van der Waals surface area contributed by atoms with E-state index < -0.39 is 0 Å². The lowest BCUT2D eigenvalue weighted by atomic mass is 10.2. The van der Waals surface area contributed by atoms with Gasteiger partial charge in [-0.3, -0.25) is 14.6 Å². The zero-order valence-corrected chi connectivity index (χ0v) is 12.6. The number of ketones is 1. The van der Waals surface area contributed by atoms with Gasteiger partial charge < -0.3 is 10.1 Å². The Hall–Kier alpha value is -2.05. The second-order valence-electron chi connectivity index (χ2n) is 4.46. The van der Waals surface area contributed by atoms with Crippen LogP contribution in [0.1, 0.15) is 38.0 Å². The molecule has 2 aromatic heterocycles. The fourth-order valence-corrected chi connectivity index (χ4v) is 2.63. The number of methoxy groups -OCH3 is 1. The fraction of sp³-hybridized carbons (Fsp3) is 0.267. The quantitative estimate of drug-likeness (QED) is 0.832.